The maximum absolute atomic E-state index is 13.4. The van der Waals surface area contributed by atoms with E-state index in [0.29, 0.717) is 5.69 Å². The molecule has 5 rings (SSSR count). The summed E-state index contributed by atoms with van der Waals surface area (Å²) in [5.41, 5.74) is 1.70. The van der Waals surface area contributed by atoms with Gasteiger partial charge in [0.15, 0.2) is 0 Å². The number of carbonyl (C=O) groups is 2. The normalized spacial score (nSPS) is 27.9. The van der Waals surface area contributed by atoms with Gasteiger partial charge in [0.1, 0.15) is 11.8 Å². The van der Waals surface area contributed by atoms with Gasteiger partial charge >= 0.3 is 0 Å². The predicted molar refractivity (Wildman–Crippen MR) is 100.0 cm³/mol. The average Bonchev–Trinajstić information content (AvgIpc) is 3.35. The first kappa shape index (κ1) is 16.5. The molecule has 0 saturated carbocycles. The van der Waals surface area contributed by atoms with E-state index in [1.807, 2.05) is 54.6 Å². The maximum atomic E-state index is 13.4. The summed E-state index contributed by atoms with van der Waals surface area (Å²) in [5, 5.41) is 4.33. The van der Waals surface area contributed by atoms with Gasteiger partial charge in [0.05, 0.1) is 24.8 Å². The highest BCUT2D eigenvalue weighted by atomic mass is 16.5. The van der Waals surface area contributed by atoms with Crippen molar-refractivity contribution in [2.24, 2.45) is 5.92 Å². The number of rotatable bonds is 3. The van der Waals surface area contributed by atoms with Crippen molar-refractivity contribution < 1.29 is 14.3 Å². The number of imide groups is 1. The smallest absolute Gasteiger partial charge is 0.253 e. The van der Waals surface area contributed by atoms with Crippen molar-refractivity contribution in [3.8, 4) is 5.75 Å². The minimum absolute atomic E-state index is 0.105. The summed E-state index contributed by atoms with van der Waals surface area (Å²) >= 11 is 0. The number of ether oxygens (including phenoxy) is 1. The van der Waals surface area contributed by atoms with Crippen molar-refractivity contribution in [3.63, 3.8) is 0 Å². The van der Waals surface area contributed by atoms with Crippen LogP contribution < -0.4 is 9.64 Å². The fraction of sp³-hybridized carbons (Fsp3) is 0.333. The van der Waals surface area contributed by atoms with Crippen LogP contribution in [0.1, 0.15) is 18.0 Å². The van der Waals surface area contributed by atoms with Crippen molar-refractivity contribution in [1.29, 1.82) is 0 Å². The Bertz CT molecular complexity index is 883. The summed E-state index contributed by atoms with van der Waals surface area (Å²) in [7, 11) is 1.64. The Morgan fingerprint density at radius 3 is 2.19 bits per heavy atom. The van der Waals surface area contributed by atoms with Crippen molar-refractivity contribution in [1.82, 2.24) is 10.0 Å². The highest BCUT2D eigenvalue weighted by molar-refractivity contribution is 6.24. The highest BCUT2D eigenvalue weighted by Gasteiger charge is 2.62. The van der Waals surface area contributed by atoms with Gasteiger partial charge in [-0.25, -0.2) is 14.9 Å². The predicted octanol–water partition coefficient (Wildman–Crippen LogP) is 2.23. The molecular weight excluding hydrogens is 342 g/mol. The Morgan fingerprint density at radius 2 is 1.52 bits per heavy atom. The van der Waals surface area contributed by atoms with Crippen molar-refractivity contribution in [2.75, 3.05) is 25.1 Å². The van der Waals surface area contributed by atoms with E-state index in [9.17, 15) is 9.59 Å². The summed E-state index contributed by atoms with van der Waals surface area (Å²) in [4.78, 5) is 28.0. The Hall–Kier alpha value is -2.70. The summed E-state index contributed by atoms with van der Waals surface area (Å²) < 4.78 is 5.26. The van der Waals surface area contributed by atoms with Gasteiger partial charge in [0.25, 0.3) is 5.91 Å². The third-order valence-corrected chi connectivity index (χ3v) is 5.88. The van der Waals surface area contributed by atoms with Crippen molar-refractivity contribution >= 4 is 17.5 Å². The van der Waals surface area contributed by atoms with Gasteiger partial charge < -0.3 is 4.74 Å². The molecule has 0 unspecified atom stereocenters. The number of hydrazine groups is 1. The van der Waals surface area contributed by atoms with Crippen LogP contribution in [0.15, 0.2) is 54.6 Å². The molecule has 2 aromatic carbocycles. The fourth-order valence-corrected chi connectivity index (χ4v) is 4.75. The molecule has 3 fully saturated rings. The molecule has 3 aliphatic heterocycles. The fourth-order valence-electron chi connectivity index (χ4n) is 4.75. The van der Waals surface area contributed by atoms with E-state index in [-0.39, 0.29) is 23.8 Å². The van der Waals surface area contributed by atoms with Crippen LogP contribution in [0.4, 0.5) is 5.69 Å². The van der Waals surface area contributed by atoms with Crippen molar-refractivity contribution in [3.05, 3.63) is 60.2 Å². The van der Waals surface area contributed by atoms with Crippen LogP contribution in [-0.4, -0.2) is 48.1 Å². The molecule has 3 aliphatic rings. The van der Waals surface area contributed by atoms with Gasteiger partial charge in [-0.2, -0.15) is 0 Å². The Morgan fingerprint density at radius 1 is 0.852 bits per heavy atom. The van der Waals surface area contributed by atoms with Crippen LogP contribution in [0.25, 0.3) is 0 Å². The second-order valence-electron chi connectivity index (χ2n) is 7.22. The summed E-state index contributed by atoms with van der Waals surface area (Å²) in [6.07, 6.45) is 1.00. The first-order chi connectivity index (χ1) is 13.2. The van der Waals surface area contributed by atoms with Crippen LogP contribution in [0.5, 0.6) is 5.75 Å². The second kappa shape index (κ2) is 6.18. The molecule has 3 saturated heterocycles. The first-order valence-electron chi connectivity index (χ1n) is 9.31. The second-order valence-corrected chi connectivity index (χ2v) is 7.22. The van der Waals surface area contributed by atoms with E-state index >= 15 is 0 Å². The molecule has 0 spiro atoms. The molecule has 138 valence electrons. The highest BCUT2D eigenvalue weighted by Crippen LogP contribution is 2.48. The number of hydrogen-bond acceptors (Lipinski definition) is 5. The number of fused-ring (bicyclic) bond motifs is 3. The lowest BCUT2D eigenvalue weighted by molar-refractivity contribution is -0.126. The van der Waals surface area contributed by atoms with E-state index < -0.39 is 6.04 Å². The molecule has 6 nitrogen and oxygen atoms in total. The van der Waals surface area contributed by atoms with E-state index in [0.717, 1.165) is 30.8 Å². The molecule has 3 heterocycles. The lowest BCUT2D eigenvalue weighted by atomic mass is 9.90. The molecule has 0 bridgehead atoms. The lowest BCUT2D eigenvalue weighted by Crippen LogP contribution is -2.44. The van der Waals surface area contributed by atoms with E-state index in [1.165, 1.54) is 4.90 Å². The topological polar surface area (TPSA) is 53.1 Å². The standard InChI is InChI=1S/C21H21N3O3/c1-27-16-10-8-14(9-11-16)18-17-19(23-13-5-12-22(18)23)21(26)24(20(17)25)15-6-3-2-4-7-15/h2-4,6-11,17-19H,5,12-13H2,1H3/t17-,18+,19-/m0/s1. The molecule has 2 aromatic rings. The molecule has 0 aliphatic carbocycles. The minimum Gasteiger partial charge on any atom is -0.497 e. The van der Waals surface area contributed by atoms with Crippen LogP contribution >= 0.6 is 0 Å². The minimum atomic E-state index is -0.410. The van der Waals surface area contributed by atoms with Gasteiger partial charge in [-0.1, -0.05) is 30.3 Å². The van der Waals surface area contributed by atoms with Crippen LogP contribution in [0.2, 0.25) is 0 Å². The number of benzene rings is 2. The Kier molecular flexibility index (Phi) is 3.77. The third-order valence-electron chi connectivity index (χ3n) is 5.88. The Labute approximate surface area is 157 Å². The average molecular weight is 363 g/mol. The van der Waals surface area contributed by atoms with E-state index in [2.05, 4.69) is 10.0 Å². The molecule has 0 aromatic heterocycles. The van der Waals surface area contributed by atoms with Gasteiger partial charge in [-0.3, -0.25) is 9.59 Å². The van der Waals surface area contributed by atoms with Gasteiger partial charge in [0.2, 0.25) is 5.91 Å². The summed E-state index contributed by atoms with van der Waals surface area (Å²) in [6, 6.07) is 16.6. The molecule has 6 heteroatoms. The van der Waals surface area contributed by atoms with E-state index in [4.69, 9.17) is 4.74 Å². The zero-order valence-corrected chi connectivity index (χ0v) is 15.1. The zero-order chi connectivity index (χ0) is 18.5. The van der Waals surface area contributed by atoms with Crippen LogP contribution in [0, 0.1) is 5.92 Å². The number of para-hydroxylation sites is 1. The maximum Gasteiger partial charge on any atom is 0.253 e. The SMILES string of the molecule is COc1ccc([C@@H]2[C@@H]3C(=O)N(c4ccccc4)C(=O)[C@H]3N3CCCN23)cc1. The van der Waals surface area contributed by atoms with E-state index in [1.54, 1.807) is 7.11 Å². The monoisotopic (exact) mass is 363 g/mol. The van der Waals surface area contributed by atoms with Crippen LogP contribution in [-0.2, 0) is 9.59 Å². The van der Waals surface area contributed by atoms with Gasteiger partial charge in [-0.05, 0) is 36.2 Å². The van der Waals surface area contributed by atoms with Crippen LogP contribution in [0.3, 0.4) is 0 Å². The summed E-state index contributed by atoms with van der Waals surface area (Å²) in [6.45, 7) is 1.69. The Balaban J connectivity index is 1.57. The number of hydrogen-bond donors (Lipinski definition) is 0. The third kappa shape index (κ3) is 2.33. The first-order valence-corrected chi connectivity index (χ1v) is 9.31. The molecule has 27 heavy (non-hydrogen) atoms. The summed E-state index contributed by atoms with van der Waals surface area (Å²) in [5.74, 6) is 0.184. The molecule has 3 atom stereocenters. The number of nitrogens with zero attached hydrogens (tertiary/aromatic N) is 3. The van der Waals surface area contributed by atoms with Crippen molar-refractivity contribution in [2.45, 2.75) is 18.5 Å². The molecule has 2 amide bonds. The zero-order valence-electron chi connectivity index (χ0n) is 15.1. The molecule has 0 radical (unpaired) electrons. The number of amides is 2. The number of anilines is 1. The van der Waals surface area contributed by atoms with Gasteiger partial charge in [-0.15, -0.1) is 0 Å². The number of carbonyl (C=O) groups excluding carboxylic acids is 2. The number of methoxy groups -OCH3 is 1. The molecule has 0 N–H and O–H groups in total. The molecular formula is C21H21N3O3. The largest absolute Gasteiger partial charge is 0.497 e. The lowest BCUT2D eigenvalue weighted by Gasteiger charge is -2.29. The quantitative estimate of drug-likeness (QED) is 0.783. The van der Waals surface area contributed by atoms with Gasteiger partial charge in [0, 0.05) is 13.1 Å².